The number of likely N-dealkylation sites (tertiary alicyclic amines) is 1. The highest BCUT2D eigenvalue weighted by molar-refractivity contribution is 6.32. The number of hydrogen-bond acceptors (Lipinski definition) is 5. The summed E-state index contributed by atoms with van der Waals surface area (Å²) >= 11 is 6.26. The molecule has 0 saturated carbocycles. The van der Waals surface area contributed by atoms with Crippen molar-refractivity contribution in [2.24, 2.45) is 5.73 Å². The lowest BCUT2D eigenvalue weighted by Crippen LogP contribution is -2.41. The second-order valence-electron chi connectivity index (χ2n) is 5.93. The summed E-state index contributed by atoms with van der Waals surface area (Å²) in [6.45, 7) is 4.99. The molecule has 1 aromatic rings. The summed E-state index contributed by atoms with van der Waals surface area (Å²) in [6.07, 6.45) is 2.73. The van der Waals surface area contributed by atoms with Gasteiger partial charge in [0.2, 0.25) is 0 Å². The number of methoxy groups -OCH3 is 1. The minimum absolute atomic E-state index is 0. The van der Waals surface area contributed by atoms with Crippen molar-refractivity contribution < 1.29 is 19.0 Å². The van der Waals surface area contributed by atoms with Crippen LogP contribution in [0.5, 0.6) is 11.5 Å². The van der Waals surface area contributed by atoms with E-state index >= 15 is 0 Å². The third kappa shape index (κ3) is 5.91. The van der Waals surface area contributed by atoms with Gasteiger partial charge in [0.15, 0.2) is 11.5 Å². The highest BCUT2D eigenvalue weighted by Crippen LogP contribution is 2.36. The van der Waals surface area contributed by atoms with Crippen molar-refractivity contribution in [3.8, 4) is 11.5 Å². The number of ether oxygens (including phenoxy) is 3. The van der Waals surface area contributed by atoms with Crippen molar-refractivity contribution >= 4 is 29.9 Å². The Morgan fingerprint density at radius 1 is 1.35 bits per heavy atom. The van der Waals surface area contributed by atoms with Gasteiger partial charge in [-0.05, 0) is 44.9 Å². The van der Waals surface area contributed by atoms with Crippen molar-refractivity contribution in [3.63, 3.8) is 0 Å². The number of piperidine rings is 1. The van der Waals surface area contributed by atoms with Crippen LogP contribution in [0.25, 0.3) is 0 Å². The highest BCUT2D eigenvalue weighted by Gasteiger charge is 2.25. The maximum absolute atomic E-state index is 12.8. The molecule has 1 heterocycles. The summed E-state index contributed by atoms with van der Waals surface area (Å²) in [7, 11) is 1.53. The molecule has 1 aliphatic rings. The topological polar surface area (TPSA) is 74.0 Å². The Bertz CT molecular complexity index is 579. The first-order valence-corrected chi connectivity index (χ1v) is 9.09. The normalized spacial score (nSPS) is 14.7. The number of nitrogens with two attached hydrogens (primary N) is 1. The molecule has 0 unspecified atom stereocenters. The monoisotopic (exact) mass is 406 g/mol. The van der Waals surface area contributed by atoms with Crippen LogP contribution in [-0.4, -0.2) is 56.9 Å². The van der Waals surface area contributed by atoms with Crippen LogP contribution in [0.15, 0.2) is 12.1 Å². The molecule has 0 aliphatic carbocycles. The first kappa shape index (κ1) is 22.8. The van der Waals surface area contributed by atoms with Gasteiger partial charge >= 0.3 is 0 Å². The average molecular weight is 407 g/mol. The maximum atomic E-state index is 12.8. The van der Waals surface area contributed by atoms with Gasteiger partial charge in [-0.15, -0.1) is 12.4 Å². The molecule has 2 N–H and O–H groups in total. The van der Waals surface area contributed by atoms with E-state index in [4.69, 9.17) is 31.5 Å². The van der Waals surface area contributed by atoms with Gasteiger partial charge in [0.05, 0.1) is 24.8 Å². The van der Waals surface area contributed by atoms with Crippen molar-refractivity contribution in [2.75, 3.05) is 40.0 Å². The molecule has 0 atom stereocenters. The zero-order valence-electron chi connectivity index (χ0n) is 15.3. The minimum Gasteiger partial charge on any atom is -0.493 e. The summed E-state index contributed by atoms with van der Waals surface area (Å²) in [5.41, 5.74) is 5.98. The van der Waals surface area contributed by atoms with Gasteiger partial charge in [0.1, 0.15) is 0 Å². The fourth-order valence-electron chi connectivity index (χ4n) is 2.87. The number of benzene rings is 1. The first-order valence-electron chi connectivity index (χ1n) is 8.72. The Morgan fingerprint density at radius 2 is 2.04 bits per heavy atom. The molecule has 0 radical (unpaired) electrons. The summed E-state index contributed by atoms with van der Waals surface area (Å²) < 4.78 is 16.6. The Hall–Kier alpha value is -1.21. The molecule has 148 valence electrons. The number of rotatable bonds is 8. The van der Waals surface area contributed by atoms with E-state index in [-0.39, 0.29) is 24.4 Å². The van der Waals surface area contributed by atoms with Crippen LogP contribution in [-0.2, 0) is 4.74 Å². The second kappa shape index (κ2) is 11.5. The quantitative estimate of drug-likeness (QED) is 0.671. The van der Waals surface area contributed by atoms with Gasteiger partial charge in [-0.1, -0.05) is 11.6 Å². The minimum atomic E-state index is -0.0522. The van der Waals surface area contributed by atoms with Crippen molar-refractivity contribution in [3.05, 3.63) is 22.7 Å². The Kier molecular flexibility index (Phi) is 10.1. The Labute approximate surface area is 166 Å². The fourth-order valence-corrected chi connectivity index (χ4v) is 3.13. The molecule has 1 amide bonds. The molecule has 1 saturated heterocycles. The van der Waals surface area contributed by atoms with Gasteiger partial charge in [-0.25, -0.2) is 0 Å². The standard InChI is InChI=1S/C18H27ClN2O4.ClH/c1-3-24-17-15(19)11-13(12-16(17)23-2)18(22)21-8-5-14(6-9-21)25-10-4-7-20;/h11-12,14H,3-10,20H2,1-2H3;1H. The third-order valence-corrected chi connectivity index (χ3v) is 4.48. The van der Waals surface area contributed by atoms with E-state index in [9.17, 15) is 4.79 Å². The molecule has 0 bridgehead atoms. The van der Waals surface area contributed by atoms with E-state index in [1.807, 2.05) is 11.8 Å². The van der Waals surface area contributed by atoms with Crippen molar-refractivity contribution in [1.29, 1.82) is 0 Å². The summed E-state index contributed by atoms with van der Waals surface area (Å²) in [6, 6.07) is 3.32. The third-order valence-electron chi connectivity index (χ3n) is 4.20. The van der Waals surface area contributed by atoms with Crippen LogP contribution in [0.3, 0.4) is 0 Å². The van der Waals surface area contributed by atoms with Crippen LogP contribution < -0.4 is 15.2 Å². The van der Waals surface area contributed by atoms with Crippen LogP contribution in [0, 0.1) is 0 Å². The van der Waals surface area contributed by atoms with Crippen LogP contribution >= 0.6 is 24.0 Å². The van der Waals surface area contributed by atoms with Crippen LogP contribution in [0.1, 0.15) is 36.5 Å². The van der Waals surface area contributed by atoms with Gasteiger partial charge < -0.3 is 24.8 Å². The lowest BCUT2D eigenvalue weighted by Gasteiger charge is -2.32. The molecule has 0 aromatic heterocycles. The van der Waals surface area contributed by atoms with Crippen molar-refractivity contribution in [1.82, 2.24) is 4.90 Å². The summed E-state index contributed by atoms with van der Waals surface area (Å²) in [4.78, 5) is 14.6. The largest absolute Gasteiger partial charge is 0.493 e. The number of halogens is 2. The lowest BCUT2D eigenvalue weighted by atomic mass is 10.1. The lowest BCUT2D eigenvalue weighted by molar-refractivity contribution is 0.00844. The van der Waals surface area contributed by atoms with Gasteiger partial charge in [-0.2, -0.15) is 0 Å². The van der Waals surface area contributed by atoms with Crippen LogP contribution in [0.2, 0.25) is 5.02 Å². The van der Waals surface area contributed by atoms with E-state index in [2.05, 4.69) is 0 Å². The molecule has 8 heteroatoms. The first-order chi connectivity index (χ1) is 12.1. The van der Waals surface area contributed by atoms with E-state index in [0.29, 0.717) is 54.9 Å². The van der Waals surface area contributed by atoms with Crippen molar-refractivity contribution in [2.45, 2.75) is 32.3 Å². The molecule has 0 spiro atoms. The molecular weight excluding hydrogens is 379 g/mol. The predicted molar refractivity (Wildman–Crippen MR) is 105 cm³/mol. The molecular formula is C18H28Cl2N2O4. The summed E-state index contributed by atoms with van der Waals surface area (Å²) in [5, 5.41) is 0.379. The number of amides is 1. The Balaban J connectivity index is 0.00000338. The van der Waals surface area contributed by atoms with Gasteiger partial charge in [-0.3, -0.25) is 4.79 Å². The van der Waals surface area contributed by atoms with E-state index in [0.717, 1.165) is 19.3 Å². The maximum Gasteiger partial charge on any atom is 0.254 e. The Morgan fingerprint density at radius 3 is 2.62 bits per heavy atom. The average Bonchev–Trinajstić information content (AvgIpc) is 2.63. The smallest absolute Gasteiger partial charge is 0.254 e. The predicted octanol–water partition coefficient (Wildman–Crippen LogP) is 3.14. The van der Waals surface area contributed by atoms with E-state index in [1.54, 1.807) is 12.1 Å². The zero-order chi connectivity index (χ0) is 18.2. The van der Waals surface area contributed by atoms with Gasteiger partial charge in [0, 0.05) is 25.3 Å². The number of carbonyl (C=O) groups excluding carboxylic acids is 1. The summed E-state index contributed by atoms with van der Waals surface area (Å²) in [5.74, 6) is 0.886. The number of carbonyl (C=O) groups is 1. The van der Waals surface area contributed by atoms with Crippen LogP contribution in [0.4, 0.5) is 0 Å². The second-order valence-corrected chi connectivity index (χ2v) is 6.33. The zero-order valence-corrected chi connectivity index (χ0v) is 16.9. The SMILES string of the molecule is CCOc1c(Cl)cc(C(=O)N2CCC(OCCCN)CC2)cc1OC.Cl. The van der Waals surface area contributed by atoms with Gasteiger partial charge in [0.25, 0.3) is 5.91 Å². The van der Waals surface area contributed by atoms with E-state index < -0.39 is 0 Å². The molecule has 26 heavy (non-hydrogen) atoms. The molecule has 1 fully saturated rings. The van der Waals surface area contributed by atoms with E-state index in [1.165, 1.54) is 7.11 Å². The fraction of sp³-hybridized carbons (Fsp3) is 0.611. The molecule has 2 rings (SSSR count). The number of hydrogen-bond donors (Lipinski definition) is 1. The number of nitrogens with zero attached hydrogens (tertiary/aromatic N) is 1. The highest BCUT2D eigenvalue weighted by atomic mass is 35.5. The molecule has 1 aromatic carbocycles. The molecule has 6 nitrogen and oxygen atoms in total. The molecule has 1 aliphatic heterocycles.